The van der Waals surface area contributed by atoms with Crippen molar-refractivity contribution in [2.24, 2.45) is 0 Å². The Kier molecular flexibility index (Phi) is 14.7. The third-order valence-electron chi connectivity index (χ3n) is 10.5. The maximum Gasteiger partial charge on any atom is 0.293 e. The van der Waals surface area contributed by atoms with Gasteiger partial charge in [0.15, 0.2) is 0 Å². The summed E-state index contributed by atoms with van der Waals surface area (Å²) in [7, 11) is -4.45. The van der Waals surface area contributed by atoms with Crippen molar-refractivity contribution in [1.82, 2.24) is 20.1 Å². The average molecular weight is 870 g/mol. The van der Waals surface area contributed by atoms with Crippen LogP contribution < -0.4 is 20.4 Å². The molecular formula is C44H48ClN7O6S2. The number of nitrogens with zero attached hydrogens (tertiary/aromatic N) is 4. The highest BCUT2D eigenvalue weighted by atomic mass is 35.5. The SMILES string of the molecule is O=C(NS(=O)(=O)c1ccc(N[C@H](CCNN2CCOCC2)CSc2ccccc2)c([N+](=O)[O-])c1)c1ccc(N2CCN(Cc3ccccc3-c3ccc(Cl)cc3)CC2)cc1. The summed E-state index contributed by atoms with van der Waals surface area (Å²) in [6, 6.07) is 36.4. The number of benzene rings is 5. The minimum absolute atomic E-state index is 0.150. The third kappa shape index (κ3) is 11.6. The molecule has 7 rings (SSSR count). The molecule has 0 spiro atoms. The van der Waals surface area contributed by atoms with Crippen molar-refractivity contribution in [2.75, 3.05) is 75.0 Å². The summed E-state index contributed by atoms with van der Waals surface area (Å²) in [6.07, 6.45) is 0.639. The van der Waals surface area contributed by atoms with E-state index in [-0.39, 0.29) is 22.2 Å². The number of carbonyl (C=O) groups excluding carboxylic acids is 1. The zero-order chi connectivity index (χ0) is 41.9. The zero-order valence-corrected chi connectivity index (χ0v) is 35.4. The molecule has 1 atom stereocenters. The summed E-state index contributed by atoms with van der Waals surface area (Å²) in [5.41, 5.74) is 7.82. The van der Waals surface area contributed by atoms with Gasteiger partial charge < -0.3 is 15.0 Å². The van der Waals surface area contributed by atoms with Crippen LogP contribution >= 0.6 is 23.4 Å². The van der Waals surface area contributed by atoms with E-state index in [0.717, 1.165) is 68.0 Å². The molecule has 2 heterocycles. The fraction of sp³-hybridized carbons (Fsp3) is 0.295. The molecular weight excluding hydrogens is 822 g/mol. The standard InChI is InChI=1S/C44H48ClN7O6S2/c45-36-14-10-33(11-15-36)41-9-5-4-6-35(41)31-49-22-24-50(25-23-49)38-16-12-34(13-17-38)44(53)48-60(56,57)40-18-19-42(43(30-40)52(54)55)47-37(32-59-39-7-2-1-3-8-39)20-21-46-51-26-28-58-29-27-51/h1-19,30,37,46-47H,20-29,31-32H2,(H,48,53)/t37-/m1/s1. The summed E-state index contributed by atoms with van der Waals surface area (Å²) in [4.78, 5) is 30.3. The molecule has 0 aromatic heterocycles. The van der Waals surface area contributed by atoms with Crippen LogP contribution in [0.2, 0.25) is 5.02 Å². The Morgan fingerprint density at radius 1 is 0.850 bits per heavy atom. The van der Waals surface area contributed by atoms with Crippen molar-refractivity contribution in [1.29, 1.82) is 0 Å². The van der Waals surface area contributed by atoms with Crippen LogP contribution in [-0.2, 0) is 21.3 Å². The topological polar surface area (TPSA) is 149 Å². The summed E-state index contributed by atoms with van der Waals surface area (Å²) < 4.78 is 34.4. The molecule has 0 unspecified atom stereocenters. The van der Waals surface area contributed by atoms with Gasteiger partial charge >= 0.3 is 0 Å². The Labute approximate surface area is 360 Å². The van der Waals surface area contributed by atoms with Crippen LogP contribution in [0.15, 0.2) is 131 Å². The van der Waals surface area contributed by atoms with Gasteiger partial charge in [0.1, 0.15) is 5.69 Å². The number of amides is 1. The molecule has 0 saturated carbocycles. The Morgan fingerprint density at radius 2 is 1.55 bits per heavy atom. The largest absolute Gasteiger partial charge is 0.379 e. The molecule has 0 radical (unpaired) electrons. The lowest BCUT2D eigenvalue weighted by Crippen LogP contribution is -2.46. The van der Waals surface area contributed by atoms with Crippen molar-refractivity contribution in [3.63, 3.8) is 0 Å². The van der Waals surface area contributed by atoms with Crippen LogP contribution in [-0.4, -0.2) is 100.0 Å². The summed E-state index contributed by atoms with van der Waals surface area (Å²) >= 11 is 7.75. The maximum atomic E-state index is 13.4. The number of thioether (sulfide) groups is 1. The van der Waals surface area contributed by atoms with E-state index in [1.165, 1.54) is 23.3 Å². The maximum absolute atomic E-state index is 13.4. The average Bonchev–Trinajstić information content (AvgIpc) is 3.27. The smallest absolute Gasteiger partial charge is 0.293 e. The number of piperazine rings is 1. The van der Waals surface area contributed by atoms with Gasteiger partial charge in [-0.15, -0.1) is 11.8 Å². The lowest BCUT2D eigenvalue weighted by Gasteiger charge is -2.36. The molecule has 5 aromatic rings. The van der Waals surface area contributed by atoms with Gasteiger partial charge in [-0.05, 0) is 83.8 Å². The first-order valence-electron chi connectivity index (χ1n) is 19.9. The number of nitro benzene ring substituents is 1. The Balaban J connectivity index is 0.952. The molecule has 5 aromatic carbocycles. The molecule has 2 saturated heterocycles. The highest BCUT2D eigenvalue weighted by Gasteiger charge is 2.26. The van der Waals surface area contributed by atoms with E-state index in [0.29, 0.717) is 37.0 Å². The Bertz CT molecular complexity index is 2330. The number of halogens is 1. The predicted molar refractivity (Wildman–Crippen MR) is 238 cm³/mol. The van der Waals surface area contributed by atoms with E-state index in [1.54, 1.807) is 36.0 Å². The second-order valence-electron chi connectivity index (χ2n) is 14.6. The van der Waals surface area contributed by atoms with Gasteiger partial charge in [-0.25, -0.2) is 18.1 Å². The van der Waals surface area contributed by atoms with E-state index in [2.05, 4.69) is 48.5 Å². The second kappa shape index (κ2) is 20.5. The van der Waals surface area contributed by atoms with Crippen LogP contribution in [0.1, 0.15) is 22.3 Å². The van der Waals surface area contributed by atoms with E-state index in [4.69, 9.17) is 16.3 Å². The molecule has 60 heavy (non-hydrogen) atoms. The molecule has 3 N–H and O–H groups in total. The lowest BCUT2D eigenvalue weighted by atomic mass is 9.99. The van der Waals surface area contributed by atoms with E-state index >= 15 is 0 Å². The Morgan fingerprint density at radius 3 is 2.27 bits per heavy atom. The fourth-order valence-corrected chi connectivity index (χ4v) is 9.35. The van der Waals surface area contributed by atoms with E-state index in [1.807, 2.05) is 60.7 Å². The highest BCUT2D eigenvalue weighted by molar-refractivity contribution is 7.99. The summed E-state index contributed by atoms with van der Waals surface area (Å²) in [5, 5.41) is 18.4. The number of anilines is 2. The number of rotatable bonds is 17. The first kappa shape index (κ1) is 43.1. The normalized spacial score (nSPS) is 15.7. The molecule has 16 heteroatoms. The number of nitrogens with one attached hydrogen (secondary N) is 3. The van der Waals surface area contributed by atoms with Gasteiger partial charge in [0, 0.05) is 91.4 Å². The van der Waals surface area contributed by atoms with Crippen molar-refractivity contribution in [3.8, 4) is 11.1 Å². The number of hydrogen-bond acceptors (Lipinski definition) is 12. The number of nitro groups is 1. The number of ether oxygens (including phenoxy) is 1. The van der Waals surface area contributed by atoms with Crippen molar-refractivity contribution in [2.45, 2.75) is 28.8 Å². The van der Waals surface area contributed by atoms with Gasteiger partial charge in [0.05, 0.1) is 23.0 Å². The van der Waals surface area contributed by atoms with Crippen LogP contribution in [0.3, 0.4) is 0 Å². The zero-order valence-electron chi connectivity index (χ0n) is 33.0. The van der Waals surface area contributed by atoms with Crippen molar-refractivity contribution in [3.05, 3.63) is 148 Å². The number of morpholine rings is 1. The molecule has 2 fully saturated rings. The first-order valence-corrected chi connectivity index (χ1v) is 22.7. The molecule has 0 aliphatic carbocycles. The van der Waals surface area contributed by atoms with Crippen LogP contribution in [0.4, 0.5) is 17.1 Å². The van der Waals surface area contributed by atoms with Crippen LogP contribution in [0.25, 0.3) is 11.1 Å². The minimum atomic E-state index is -4.45. The minimum Gasteiger partial charge on any atom is -0.379 e. The number of hydrogen-bond donors (Lipinski definition) is 3. The number of hydrazine groups is 1. The molecule has 0 bridgehead atoms. The summed E-state index contributed by atoms with van der Waals surface area (Å²) in [6.45, 7) is 7.51. The predicted octanol–water partition coefficient (Wildman–Crippen LogP) is 7.16. The highest BCUT2D eigenvalue weighted by Crippen LogP contribution is 2.31. The van der Waals surface area contributed by atoms with E-state index in [9.17, 15) is 23.3 Å². The molecule has 1 amide bonds. The van der Waals surface area contributed by atoms with Gasteiger partial charge in [-0.3, -0.25) is 25.2 Å². The van der Waals surface area contributed by atoms with Gasteiger partial charge in [0.2, 0.25) is 0 Å². The molecule has 2 aliphatic heterocycles. The van der Waals surface area contributed by atoms with Crippen molar-refractivity contribution >= 4 is 56.4 Å². The van der Waals surface area contributed by atoms with Crippen LogP contribution in [0, 0.1) is 10.1 Å². The fourth-order valence-electron chi connectivity index (χ4n) is 7.24. The molecule has 13 nitrogen and oxygen atoms in total. The van der Waals surface area contributed by atoms with Gasteiger partial charge in [0.25, 0.3) is 21.6 Å². The monoisotopic (exact) mass is 869 g/mol. The molecule has 314 valence electrons. The van der Waals surface area contributed by atoms with Crippen molar-refractivity contribution < 1.29 is 22.9 Å². The Hall–Kier alpha value is -5.00. The first-order chi connectivity index (χ1) is 29.1. The quantitative estimate of drug-likeness (QED) is 0.0495. The number of sulfonamides is 1. The lowest BCUT2D eigenvalue weighted by molar-refractivity contribution is -0.384. The molecule has 2 aliphatic rings. The third-order valence-corrected chi connectivity index (χ3v) is 13.3. The second-order valence-corrected chi connectivity index (χ2v) is 17.8. The number of carbonyl (C=O) groups is 1. The van der Waals surface area contributed by atoms with Gasteiger partial charge in [-0.2, -0.15) is 0 Å². The van der Waals surface area contributed by atoms with E-state index < -0.39 is 26.5 Å². The summed E-state index contributed by atoms with van der Waals surface area (Å²) in [5.74, 6) is -0.223. The van der Waals surface area contributed by atoms with Gasteiger partial charge in [-0.1, -0.05) is 66.2 Å². The van der Waals surface area contributed by atoms with Crippen LogP contribution in [0.5, 0.6) is 0 Å².